The Kier molecular flexibility index (Phi) is 10.8. The van der Waals surface area contributed by atoms with Gasteiger partial charge in [0.1, 0.15) is 18.2 Å². The van der Waals surface area contributed by atoms with Crippen LogP contribution >= 0.6 is 0 Å². The van der Waals surface area contributed by atoms with Crippen LogP contribution in [0.3, 0.4) is 0 Å². The quantitative estimate of drug-likeness (QED) is 0.296. The topological polar surface area (TPSA) is 148 Å². The molecule has 1 aromatic rings. The smallest absolute Gasteiger partial charge is 0.444 e. The van der Waals surface area contributed by atoms with E-state index < -0.39 is 60.3 Å². The number of carbonyl (C=O) groups is 4. The van der Waals surface area contributed by atoms with Crippen molar-refractivity contribution in [2.75, 3.05) is 19.7 Å². The number of amides is 5. The normalized spacial score (nSPS) is 31.9. The zero-order chi connectivity index (χ0) is 38.6. The highest BCUT2D eigenvalue weighted by molar-refractivity contribution is 6.48. The van der Waals surface area contributed by atoms with Gasteiger partial charge in [-0.25, -0.2) is 9.59 Å². The summed E-state index contributed by atoms with van der Waals surface area (Å²) in [6, 6.07) is 5.50. The minimum Gasteiger partial charge on any atom is -0.444 e. The third kappa shape index (κ3) is 7.46. The van der Waals surface area contributed by atoms with Crippen molar-refractivity contribution in [1.82, 2.24) is 25.8 Å². The Labute approximate surface area is 320 Å². The van der Waals surface area contributed by atoms with Crippen molar-refractivity contribution in [1.29, 1.82) is 0 Å². The lowest BCUT2D eigenvalue weighted by atomic mass is 9.43. The lowest BCUT2D eigenvalue weighted by Gasteiger charge is -2.64. The summed E-state index contributed by atoms with van der Waals surface area (Å²) in [4.78, 5) is 58.9. The number of hydrogen-bond donors (Lipinski definition) is 3. The van der Waals surface area contributed by atoms with E-state index in [9.17, 15) is 19.2 Å². The van der Waals surface area contributed by atoms with Gasteiger partial charge < -0.3 is 39.6 Å². The third-order valence-electron chi connectivity index (χ3n) is 13.3. The number of benzene rings is 1. The van der Waals surface area contributed by atoms with Crippen molar-refractivity contribution in [2.24, 2.45) is 22.7 Å². The van der Waals surface area contributed by atoms with E-state index in [1.807, 2.05) is 45.0 Å². The standard InChI is InChI=1S/C40H60BN5O8/c1-8-12-32(41-53-31-18-26-17-30(39(26,5)6)40(31,7)54-41)43-34(47)29-19-28(52-37(50)45-21-24-13-9-10-14-25(24)22-45)23-46(29)35(48)33(38(2,3)4)44-36(49)42-20-27-15-11-16-51-27/h9-10,13-14,26-33H,8,11-12,15-23H2,1-7H3,(H,43,47)(H2,42,44,49)/t26-,27-,28-,29+,30-,31-,32+,33-,40+/m1/s1. The molecule has 9 atom stereocenters. The van der Waals surface area contributed by atoms with E-state index in [0.29, 0.717) is 44.5 Å². The summed E-state index contributed by atoms with van der Waals surface area (Å²) in [6.45, 7) is 16.4. The van der Waals surface area contributed by atoms with Gasteiger partial charge in [-0.2, -0.15) is 0 Å². The van der Waals surface area contributed by atoms with Crippen molar-refractivity contribution in [3.63, 3.8) is 0 Å². The molecule has 0 spiro atoms. The average molecular weight is 750 g/mol. The Bertz CT molecular complexity index is 1570. The van der Waals surface area contributed by atoms with E-state index in [1.54, 1.807) is 4.90 Å². The first-order valence-corrected chi connectivity index (χ1v) is 20.2. The van der Waals surface area contributed by atoms with Crippen LogP contribution in [0.2, 0.25) is 0 Å². The minimum atomic E-state index is -0.967. The molecule has 296 valence electrons. The van der Waals surface area contributed by atoms with Crippen LogP contribution < -0.4 is 16.0 Å². The van der Waals surface area contributed by atoms with Crippen LogP contribution in [0.15, 0.2) is 24.3 Å². The fourth-order valence-corrected chi connectivity index (χ4v) is 10.0. The van der Waals surface area contributed by atoms with Crippen LogP contribution in [-0.4, -0.2) is 102 Å². The van der Waals surface area contributed by atoms with Gasteiger partial charge in [-0.15, -0.1) is 0 Å². The molecule has 54 heavy (non-hydrogen) atoms. The number of likely N-dealkylation sites (tertiary alicyclic amines) is 1. The number of carbonyl (C=O) groups excluding carboxylic acids is 4. The monoisotopic (exact) mass is 749 g/mol. The number of nitrogens with one attached hydrogen (secondary N) is 3. The van der Waals surface area contributed by atoms with Gasteiger partial charge in [0.25, 0.3) is 0 Å². The largest absolute Gasteiger partial charge is 0.481 e. The van der Waals surface area contributed by atoms with Crippen molar-refractivity contribution in [3.05, 3.63) is 35.4 Å². The summed E-state index contributed by atoms with van der Waals surface area (Å²) in [5, 5.41) is 8.98. The second-order valence-corrected chi connectivity index (χ2v) is 18.4. The van der Waals surface area contributed by atoms with Crippen LogP contribution in [0.1, 0.15) is 105 Å². The van der Waals surface area contributed by atoms with Gasteiger partial charge in [-0.3, -0.25) is 14.5 Å². The number of urea groups is 1. The van der Waals surface area contributed by atoms with E-state index in [0.717, 1.165) is 43.2 Å². The van der Waals surface area contributed by atoms with Gasteiger partial charge in [-0.1, -0.05) is 72.2 Å². The number of fused-ring (bicyclic) bond motifs is 1. The molecule has 7 aliphatic rings. The van der Waals surface area contributed by atoms with Crippen molar-refractivity contribution < 1.29 is 38.0 Å². The lowest BCUT2D eigenvalue weighted by Crippen LogP contribution is -2.65. The second kappa shape index (κ2) is 15.0. The molecular formula is C40H60BN5O8. The Balaban J connectivity index is 1.07. The molecule has 2 bridgehead atoms. The van der Waals surface area contributed by atoms with E-state index >= 15 is 0 Å². The van der Waals surface area contributed by atoms with Crippen LogP contribution in [0.5, 0.6) is 0 Å². The van der Waals surface area contributed by atoms with Crippen LogP contribution in [0.4, 0.5) is 9.59 Å². The maximum atomic E-state index is 14.6. The first-order valence-electron chi connectivity index (χ1n) is 20.2. The molecule has 5 amide bonds. The Morgan fingerprint density at radius 2 is 1.76 bits per heavy atom. The van der Waals surface area contributed by atoms with Gasteiger partial charge in [-0.05, 0) is 72.8 Å². The predicted molar refractivity (Wildman–Crippen MR) is 202 cm³/mol. The summed E-state index contributed by atoms with van der Waals surface area (Å²) in [5.74, 6) is -0.239. The molecule has 14 heteroatoms. The molecule has 3 aliphatic carbocycles. The number of rotatable bonds is 10. The van der Waals surface area contributed by atoms with Gasteiger partial charge in [0, 0.05) is 32.7 Å². The van der Waals surface area contributed by atoms with Crippen LogP contribution in [0.25, 0.3) is 0 Å². The molecule has 3 saturated heterocycles. The highest BCUT2D eigenvalue weighted by Crippen LogP contribution is 2.65. The van der Waals surface area contributed by atoms with Crippen molar-refractivity contribution in [3.8, 4) is 0 Å². The molecular weight excluding hydrogens is 689 g/mol. The second-order valence-electron chi connectivity index (χ2n) is 18.4. The molecule has 0 aromatic heterocycles. The lowest BCUT2D eigenvalue weighted by molar-refractivity contribution is -0.199. The Morgan fingerprint density at radius 3 is 2.39 bits per heavy atom. The molecule has 13 nitrogen and oxygen atoms in total. The van der Waals surface area contributed by atoms with E-state index in [-0.39, 0.29) is 36.5 Å². The molecule has 4 heterocycles. The summed E-state index contributed by atoms with van der Waals surface area (Å²) < 4.78 is 25.1. The Morgan fingerprint density at radius 1 is 1.04 bits per heavy atom. The molecule has 1 aromatic carbocycles. The first-order chi connectivity index (χ1) is 25.6. The maximum absolute atomic E-state index is 14.6. The fraction of sp³-hybridized carbons (Fsp3) is 0.750. The molecule has 3 saturated carbocycles. The van der Waals surface area contributed by atoms with Gasteiger partial charge in [0.05, 0.1) is 30.3 Å². The number of nitrogens with zero attached hydrogens (tertiary/aromatic N) is 2. The fourth-order valence-electron chi connectivity index (χ4n) is 10.0. The van der Waals surface area contributed by atoms with Gasteiger partial charge >= 0.3 is 19.2 Å². The molecule has 4 aliphatic heterocycles. The van der Waals surface area contributed by atoms with Gasteiger partial charge in [0.2, 0.25) is 11.8 Å². The summed E-state index contributed by atoms with van der Waals surface area (Å²) in [5.41, 5.74) is 1.19. The van der Waals surface area contributed by atoms with Crippen molar-refractivity contribution in [2.45, 2.75) is 148 Å². The van der Waals surface area contributed by atoms with E-state index in [2.05, 4.69) is 43.6 Å². The van der Waals surface area contributed by atoms with Crippen LogP contribution in [0, 0.1) is 22.7 Å². The minimum absolute atomic E-state index is 0.0163. The first kappa shape index (κ1) is 38.9. The van der Waals surface area contributed by atoms with Crippen molar-refractivity contribution >= 4 is 31.1 Å². The van der Waals surface area contributed by atoms with E-state index in [1.165, 1.54) is 4.90 Å². The SMILES string of the molecule is CCC[C@H](NC(=O)[C@@H]1C[C@@H](OC(=O)N2Cc3ccccc3C2)CN1C(=O)[C@@H](NC(=O)NC[C@H]1CCCO1)C(C)(C)C)B1O[C@@H]2C[C@H]3C[C@H](C3(C)C)[C@]2(C)O1. The highest BCUT2D eigenvalue weighted by atomic mass is 16.7. The molecule has 0 unspecified atom stereocenters. The zero-order valence-corrected chi connectivity index (χ0v) is 33.2. The zero-order valence-electron chi connectivity index (χ0n) is 33.2. The summed E-state index contributed by atoms with van der Waals surface area (Å²) in [6.07, 6.45) is 4.10. The molecule has 6 fully saturated rings. The number of hydrogen-bond acceptors (Lipinski definition) is 8. The molecule has 3 N–H and O–H groups in total. The number of ether oxygens (including phenoxy) is 2. The van der Waals surface area contributed by atoms with Gasteiger partial charge in [0.15, 0.2) is 0 Å². The third-order valence-corrected chi connectivity index (χ3v) is 13.3. The van der Waals surface area contributed by atoms with Crippen LogP contribution in [-0.2, 0) is 41.5 Å². The van der Waals surface area contributed by atoms with E-state index in [4.69, 9.17) is 18.8 Å². The molecule has 8 rings (SSSR count). The summed E-state index contributed by atoms with van der Waals surface area (Å²) >= 11 is 0. The maximum Gasteiger partial charge on any atom is 0.481 e. The highest BCUT2D eigenvalue weighted by Gasteiger charge is 2.68. The average Bonchev–Trinajstić information content (AvgIpc) is 3.93. The predicted octanol–water partition coefficient (Wildman–Crippen LogP) is 4.55. The Hall–Kier alpha value is -3.36. The molecule has 0 radical (unpaired) electrons. The summed E-state index contributed by atoms with van der Waals surface area (Å²) in [7, 11) is -0.619.